The average Bonchev–Trinajstić information content (AvgIpc) is 3.02. The van der Waals surface area contributed by atoms with Gasteiger partial charge in [0.2, 0.25) is 5.88 Å². The fourth-order valence-corrected chi connectivity index (χ4v) is 3.61. The van der Waals surface area contributed by atoms with Gasteiger partial charge in [-0.15, -0.1) is 11.3 Å². The van der Waals surface area contributed by atoms with Gasteiger partial charge in [-0.1, -0.05) is 0 Å². The van der Waals surface area contributed by atoms with E-state index < -0.39 is 25.2 Å². The molecule has 0 spiro atoms. The molecule has 0 fully saturated rings. The van der Waals surface area contributed by atoms with E-state index in [2.05, 4.69) is 9.97 Å². The van der Waals surface area contributed by atoms with Crippen molar-refractivity contribution in [3.05, 3.63) is 16.8 Å². The quantitative estimate of drug-likeness (QED) is 0.933. The molecule has 5 nitrogen and oxygen atoms in total. The number of aryl methyl sites for hydroxylation is 2. The number of nitrogens with zero attached hydrogens (tertiary/aromatic N) is 2. The monoisotopic (exact) mass is 331 g/mol. The molecule has 22 heavy (non-hydrogen) atoms. The Morgan fingerprint density at radius 1 is 1.36 bits per heavy atom. The van der Waals surface area contributed by atoms with Crippen LogP contribution in [0.25, 0.3) is 10.2 Å². The molecule has 1 N–H and O–H groups in total. The molecule has 0 unspecified atom stereocenters. The Bertz CT molecular complexity index is 714. The van der Waals surface area contributed by atoms with Gasteiger partial charge < -0.3 is 10.1 Å². The number of hydrogen-bond donors (Lipinski definition) is 1. The van der Waals surface area contributed by atoms with E-state index in [1.165, 1.54) is 11.2 Å². The van der Waals surface area contributed by atoms with Crippen LogP contribution in [0.3, 0.4) is 0 Å². The van der Waals surface area contributed by atoms with E-state index in [0.29, 0.717) is 0 Å². The maximum atomic E-state index is 12.0. The molecule has 0 aromatic carbocycles. The number of fused-ring (bicyclic) bond motifs is 3. The Morgan fingerprint density at radius 2 is 2.18 bits per heavy atom. The lowest BCUT2D eigenvalue weighted by molar-refractivity contribution is -0.139. The third-order valence-electron chi connectivity index (χ3n) is 3.29. The molecule has 2 heterocycles. The van der Waals surface area contributed by atoms with Gasteiger partial charge in [0.25, 0.3) is 5.91 Å². The van der Waals surface area contributed by atoms with E-state index in [-0.39, 0.29) is 5.88 Å². The summed E-state index contributed by atoms with van der Waals surface area (Å²) in [4.78, 5) is 21.6. The molecule has 3 rings (SSSR count). The minimum atomic E-state index is -4.44. The highest BCUT2D eigenvalue weighted by molar-refractivity contribution is 7.18. The second kappa shape index (κ2) is 5.71. The Balaban J connectivity index is 1.71. The zero-order valence-electron chi connectivity index (χ0n) is 11.4. The minimum Gasteiger partial charge on any atom is -0.467 e. The number of halogens is 3. The summed E-state index contributed by atoms with van der Waals surface area (Å²) in [6.07, 6.45) is -0.165. The van der Waals surface area contributed by atoms with Crippen molar-refractivity contribution >= 4 is 27.5 Å². The lowest BCUT2D eigenvalue weighted by atomic mass is 10.2. The van der Waals surface area contributed by atoms with Crippen LogP contribution in [0.1, 0.15) is 16.9 Å². The number of carbonyl (C=O) groups excluding carboxylic acids is 1. The van der Waals surface area contributed by atoms with E-state index in [4.69, 9.17) is 4.74 Å². The number of alkyl halides is 3. The van der Waals surface area contributed by atoms with Gasteiger partial charge in [0.15, 0.2) is 6.61 Å². The van der Waals surface area contributed by atoms with Crippen LogP contribution in [0.15, 0.2) is 6.33 Å². The summed E-state index contributed by atoms with van der Waals surface area (Å²) in [6.45, 7) is -1.88. The molecular formula is C13H12F3N3O2S. The Kier molecular flexibility index (Phi) is 3.90. The Hall–Kier alpha value is -1.90. The van der Waals surface area contributed by atoms with Crippen LogP contribution in [0.2, 0.25) is 0 Å². The van der Waals surface area contributed by atoms with Crippen LogP contribution >= 0.6 is 11.3 Å². The molecule has 1 aliphatic rings. The lowest BCUT2D eigenvalue weighted by Gasteiger charge is -2.09. The number of aromatic nitrogens is 2. The normalized spacial score (nSPS) is 14.1. The summed E-state index contributed by atoms with van der Waals surface area (Å²) in [5.41, 5.74) is 1.13. The maximum absolute atomic E-state index is 12.0. The maximum Gasteiger partial charge on any atom is 0.405 e. The second-order valence-corrected chi connectivity index (χ2v) is 5.98. The number of amides is 1. The Labute approximate surface area is 127 Å². The van der Waals surface area contributed by atoms with Crippen LogP contribution < -0.4 is 10.1 Å². The molecule has 0 saturated carbocycles. The first-order valence-corrected chi connectivity index (χ1v) is 7.47. The van der Waals surface area contributed by atoms with Crippen molar-refractivity contribution in [2.75, 3.05) is 13.2 Å². The summed E-state index contributed by atoms with van der Waals surface area (Å²) in [6, 6.07) is 0. The smallest absolute Gasteiger partial charge is 0.405 e. The number of nitrogens with one attached hydrogen (secondary N) is 1. The van der Waals surface area contributed by atoms with E-state index >= 15 is 0 Å². The van der Waals surface area contributed by atoms with Crippen molar-refractivity contribution < 1.29 is 22.7 Å². The van der Waals surface area contributed by atoms with Gasteiger partial charge in [-0.25, -0.2) is 9.97 Å². The van der Waals surface area contributed by atoms with Crippen LogP contribution in [0.4, 0.5) is 13.2 Å². The number of rotatable bonds is 4. The molecule has 118 valence electrons. The van der Waals surface area contributed by atoms with Crippen molar-refractivity contribution in [2.24, 2.45) is 0 Å². The standard InChI is InChI=1S/C13H12F3N3O2S/c14-13(15,16)5-17-9(20)4-21-11-10-7-2-1-3-8(7)22-12(10)19-6-18-11/h6H,1-5H2,(H,17,20). The highest BCUT2D eigenvalue weighted by Crippen LogP contribution is 2.39. The molecule has 0 atom stereocenters. The van der Waals surface area contributed by atoms with Gasteiger partial charge in [-0.2, -0.15) is 13.2 Å². The molecule has 2 aromatic rings. The predicted octanol–water partition coefficient (Wildman–Crippen LogP) is 2.24. The summed E-state index contributed by atoms with van der Waals surface area (Å²) >= 11 is 1.57. The summed E-state index contributed by atoms with van der Waals surface area (Å²) in [7, 11) is 0. The number of thiophene rings is 1. The van der Waals surface area contributed by atoms with Gasteiger partial charge in [-0.05, 0) is 24.8 Å². The minimum absolute atomic E-state index is 0.256. The largest absolute Gasteiger partial charge is 0.467 e. The number of hydrogen-bond acceptors (Lipinski definition) is 5. The van der Waals surface area contributed by atoms with Crippen molar-refractivity contribution in [1.29, 1.82) is 0 Å². The van der Waals surface area contributed by atoms with Crippen LogP contribution in [-0.2, 0) is 17.6 Å². The molecule has 1 aliphatic carbocycles. The molecular weight excluding hydrogens is 319 g/mol. The van der Waals surface area contributed by atoms with E-state index in [1.807, 2.05) is 0 Å². The summed E-state index contributed by atoms with van der Waals surface area (Å²) in [5, 5.41) is 2.54. The topological polar surface area (TPSA) is 64.1 Å². The molecule has 0 radical (unpaired) electrons. The fraction of sp³-hybridized carbons (Fsp3) is 0.462. The van der Waals surface area contributed by atoms with Gasteiger partial charge in [0.05, 0.1) is 5.39 Å². The van der Waals surface area contributed by atoms with Gasteiger partial charge in [-0.3, -0.25) is 4.79 Å². The molecule has 2 aromatic heterocycles. The van der Waals surface area contributed by atoms with Crippen molar-refractivity contribution in [1.82, 2.24) is 15.3 Å². The third kappa shape index (κ3) is 3.13. The molecule has 0 saturated heterocycles. The number of carbonyl (C=O) groups is 1. The molecule has 0 aliphatic heterocycles. The number of ether oxygens (including phenoxy) is 1. The first-order chi connectivity index (χ1) is 10.4. The van der Waals surface area contributed by atoms with Crippen LogP contribution in [0, 0.1) is 0 Å². The van der Waals surface area contributed by atoms with E-state index in [0.717, 1.165) is 35.0 Å². The summed E-state index contributed by atoms with van der Waals surface area (Å²) in [5.74, 6) is -0.581. The van der Waals surface area contributed by atoms with Crippen molar-refractivity contribution in [3.8, 4) is 5.88 Å². The van der Waals surface area contributed by atoms with E-state index in [9.17, 15) is 18.0 Å². The summed E-state index contributed by atoms with van der Waals surface area (Å²) < 4.78 is 41.4. The van der Waals surface area contributed by atoms with Gasteiger partial charge >= 0.3 is 6.18 Å². The van der Waals surface area contributed by atoms with Crippen molar-refractivity contribution in [3.63, 3.8) is 0 Å². The van der Waals surface area contributed by atoms with Gasteiger partial charge in [0, 0.05) is 4.88 Å². The predicted molar refractivity (Wildman–Crippen MR) is 74.0 cm³/mol. The first-order valence-electron chi connectivity index (χ1n) is 6.65. The van der Waals surface area contributed by atoms with Crippen LogP contribution in [0.5, 0.6) is 5.88 Å². The van der Waals surface area contributed by atoms with Crippen LogP contribution in [-0.4, -0.2) is 35.2 Å². The highest BCUT2D eigenvalue weighted by Gasteiger charge is 2.28. The first kappa shape index (κ1) is 15.0. The Morgan fingerprint density at radius 3 is 2.95 bits per heavy atom. The molecule has 1 amide bonds. The second-order valence-electron chi connectivity index (χ2n) is 4.90. The average molecular weight is 331 g/mol. The zero-order chi connectivity index (χ0) is 15.7. The third-order valence-corrected chi connectivity index (χ3v) is 4.49. The fourth-order valence-electron chi connectivity index (χ4n) is 2.39. The highest BCUT2D eigenvalue weighted by atomic mass is 32.1. The lowest BCUT2D eigenvalue weighted by Crippen LogP contribution is -2.36. The molecule has 9 heteroatoms. The van der Waals surface area contributed by atoms with Gasteiger partial charge in [0.1, 0.15) is 17.7 Å². The zero-order valence-corrected chi connectivity index (χ0v) is 12.2. The van der Waals surface area contributed by atoms with E-state index in [1.54, 1.807) is 16.7 Å². The molecule has 0 bridgehead atoms. The SMILES string of the molecule is O=C(COc1ncnc2sc3c(c12)CCC3)NCC(F)(F)F. The van der Waals surface area contributed by atoms with Crippen molar-refractivity contribution in [2.45, 2.75) is 25.4 Å².